The summed E-state index contributed by atoms with van der Waals surface area (Å²) in [5.41, 5.74) is 0.411. The molecule has 2 aromatic rings. The molecule has 0 unspecified atom stereocenters. The number of halogens is 1. The zero-order valence-corrected chi connectivity index (χ0v) is 11.8. The predicted molar refractivity (Wildman–Crippen MR) is 79.3 cm³/mol. The highest BCUT2D eigenvalue weighted by molar-refractivity contribution is 6.04. The van der Waals surface area contributed by atoms with Crippen LogP contribution in [0.1, 0.15) is 17.3 Å². The van der Waals surface area contributed by atoms with Crippen LogP contribution in [-0.2, 0) is 0 Å². The molecule has 0 bridgehead atoms. The molecule has 0 spiro atoms. The normalized spacial score (nSPS) is 10.0. The summed E-state index contributed by atoms with van der Waals surface area (Å²) in [5, 5.41) is 5.53. The molecule has 2 rings (SSSR count). The first-order valence-corrected chi connectivity index (χ1v) is 6.49. The fraction of sp³-hybridized carbons (Fsp3) is 0.200. The highest BCUT2D eigenvalue weighted by Gasteiger charge is 2.11. The second-order valence-corrected chi connectivity index (χ2v) is 4.26. The molecule has 5 nitrogen and oxygen atoms in total. The van der Waals surface area contributed by atoms with E-state index >= 15 is 0 Å². The smallest absolute Gasteiger partial charge is 0.257 e. The number of aromatic nitrogens is 1. The summed E-state index contributed by atoms with van der Waals surface area (Å²) >= 11 is 0. The molecule has 0 aliphatic rings. The number of pyridine rings is 1. The van der Waals surface area contributed by atoms with E-state index in [1.54, 1.807) is 12.1 Å². The minimum atomic E-state index is -0.527. The minimum absolute atomic E-state index is 0.0649. The first-order valence-electron chi connectivity index (χ1n) is 6.49. The summed E-state index contributed by atoms with van der Waals surface area (Å²) in [7, 11) is 1.47. The maximum atomic E-state index is 13.7. The van der Waals surface area contributed by atoms with Gasteiger partial charge in [0, 0.05) is 18.8 Å². The number of nitrogens with one attached hydrogen (secondary N) is 2. The summed E-state index contributed by atoms with van der Waals surface area (Å²) in [6.45, 7) is 2.70. The Hall–Kier alpha value is -2.63. The molecular formula is C15H16FN3O2. The van der Waals surface area contributed by atoms with Gasteiger partial charge in [-0.25, -0.2) is 9.37 Å². The van der Waals surface area contributed by atoms with Crippen molar-refractivity contribution < 1.29 is 13.9 Å². The van der Waals surface area contributed by atoms with Crippen LogP contribution >= 0.6 is 0 Å². The van der Waals surface area contributed by atoms with E-state index in [1.807, 2.05) is 6.92 Å². The molecule has 110 valence electrons. The largest absolute Gasteiger partial charge is 0.497 e. The Balaban J connectivity index is 2.14. The number of ether oxygens (including phenoxy) is 1. The van der Waals surface area contributed by atoms with Gasteiger partial charge in [0.25, 0.3) is 5.91 Å². The minimum Gasteiger partial charge on any atom is -0.497 e. The van der Waals surface area contributed by atoms with Crippen LogP contribution in [0, 0.1) is 5.82 Å². The molecule has 0 fully saturated rings. The fourth-order valence-electron chi connectivity index (χ4n) is 1.74. The van der Waals surface area contributed by atoms with Gasteiger partial charge < -0.3 is 15.4 Å². The zero-order chi connectivity index (χ0) is 15.2. The molecule has 0 aliphatic heterocycles. The quantitative estimate of drug-likeness (QED) is 0.888. The third-order valence-electron chi connectivity index (χ3n) is 2.81. The molecule has 21 heavy (non-hydrogen) atoms. The van der Waals surface area contributed by atoms with E-state index in [9.17, 15) is 9.18 Å². The van der Waals surface area contributed by atoms with Crippen LogP contribution in [-0.4, -0.2) is 24.5 Å². The van der Waals surface area contributed by atoms with Gasteiger partial charge in [-0.1, -0.05) is 0 Å². The predicted octanol–water partition coefficient (Wildman–Crippen LogP) is 2.91. The first kappa shape index (κ1) is 14.8. The number of nitrogens with zero attached hydrogens (tertiary/aromatic N) is 1. The van der Waals surface area contributed by atoms with Gasteiger partial charge in [-0.05, 0) is 31.2 Å². The molecule has 0 saturated carbocycles. The van der Waals surface area contributed by atoms with Crippen molar-refractivity contribution in [2.45, 2.75) is 6.92 Å². The van der Waals surface area contributed by atoms with Gasteiger partial charge in [-0.3, -0.25) is 4.79 Å². The number of carbonyl (C=O) groups is 1. The number of anilines is 2. The van der Waals surface area contributed by atoms with Crippen molar-refractivity contribution in [1.29, 1.82) is 0 Å². The lowest BCUT2D eigenvalue weighted by molar-refractivity contribution is 0.102. The Morgan fingerprint density at radius 3 is 2.76 bits per heavy atom. The number of hydrogen-bond acceptors (Lipinski definition) is 4. The molecule has 0 atom stereocenters. The van der Waals surface area contributed by atoms with E-state index < -0.39 is 11.7 Å². The monoisotopic (exact) mass is 289 g/mol. The molecule has 0 aliphatic carbocycles. The van der Waals surface area contributed by atoms with Crippen molar-refractivity contribution in [2.75, 3.05) is 24.3 Å². The average molecular weight is 289 g/mol. The van der Waals surface area contributed by atoms with Gasteiger partial charge in [0.15, 0.2) is 0 Å². The molecule has 0 saturated heterocycles. The van der Waals surface area contributed by atoms with Crippen molar-refractivity contribution in [3.8, 4) is 5.75 Å². The second kappa shape index (κ2) is 6.69. The van der Waals surface area contributed by atoms with Gasteiger partial charge in [-0.2, -0.15) is 0 Å². The first-order chi connectivity index (χ1) is 10.1. The Kier molecular flexibility index (Phi) is 4.71. The summed E-state index contributed by atoms with van der Waals surface area (Å²) in [6.07, 6.45) is 1.44. The van der Waals surface area contributed by atoms with Gasteiger partial charge in [0.1, 0.15) is 17.4 Å². The SMILES string of the molecule is CCNc1ccc(C(=O)Nc2cc(OC)ccc2F)cn1. The third kappa shape index (κ3) is 3.68. The van der Waals surface area contributed by atoms with E-state index in [2.05, 4.69) is 15.6 Å². The van der Waals surface area contributed by atoms with Gasteiger partial charge in [0.05, 0.1) is 18.4 Å². The van der Waals surface area contributed by atoms with Crippen LogP contribution in [0.3, 0.4) is 0 Å². The molecule has 1 aromatic heterocycles. The van der Waals surface area contributed by atoms with Crippen LogP contribution < -0.4 is 15.4 Å². The Bertz CT molecular complexity index is 629. The maximum absolute atomic E-state index is 13.7. The van der Waals surface area contributed by atoms with Crippen molar-refractivity contribution in [3.63, 3.8) is 0 Å². The molecular weight excluding hydrogens is 273 g/mol. The molecule has 6 heteroatoms. The second-order valence-electron chi connectivity index (χ2n) is 4.26. The lowest BCUT2D eigenvalue weighted by atomic mass is 10.2. The third-order valence-corrected chi connectivity index (χ3v) is 2.81. The average Bonchev–Trinajstić information content (AvgIpc) is 2.50. The Labute approximate surface area is 122 Å². The van der Waals surface area contributed by atoms with E-state index in [-0.39, 0.29) is 5.69 Å². The number of rotatable bonds is 5. The van der Waals surface area contributed by atoms with Crippen LogP contribution in [0.2, 0.25) is 0 Å². The van der Waals surface area contributed by atoms with Crippen LogP contribution in [0.4, 0.5) is 15.9 Å². The molecule has 1 amide bonds. The summed E-state index contributed by atoms with van der Waals surface area (Å²) in [6, 6.07) is 7.46. The molecule has 2 N–H and O–H groups in total. The number of hydrogen-bond donors (Lipinski definition) is 2. The topological polar surface area (TPSA) is 63.2 Å². The van der Waals surface area contributed by atoms with Crippen LogP contribution in [0.25, 0.3) is 0 Å². The van der Waals surface area contributed by atoms with Crippen LogP contribution in [0.15, 0.2) is 36.5 Å². The van der Waals surface area contributed by atoms with E-state index in [1.165, 1.54) is 31.5 Å². The van der Waals surface area contributed by atoms with Crippen molar-refractivity contribution in [2.24, 2.45) is 0 Å². The fourth-order valence-corrected chi connectivity index (χ4v) is 1.74. The van der Waals surface area contributed by atoms with Crippen molar-refractivity contribution in [1.82, 2.24) is 4.98 Å². The Morgan fingerprint density at radius 1 is 1.33 bits per heavy atom. The summed E-state index contributed by atoms with van der Waals surface area (Å²) < 4.78 is 18.7. The van der Waals surface area contributed by atoms with Crippen LogP contribution in [0.5, 0.6) is 5.75 Å². The number of carbonyl (C=O) groups excluding carboxylic acids is 1. The standard InChI is InChI=1S/C15H16FN3O2/c1-3-17-14-7-4-10(9-18-14)15(20)19-13-8-11(21-2)5-6-12(13)16/h4-9H,3H2,1-2H3,(H,17,18)(H,19,20). The van der Waals surface area contributed by atoms with Gasteiger partial charge >= 0.3 is 0 Å². The van der Waals surface area contributed by atoms with Gasteiger partial charge in [0.2, 0.25) is 0 Å². The van der Waals surface area contributed by atoms with E-state index in [0.29, 0.717) is 17.1 Å². The molecule has 1 heterocycles. The lowest BCUT2D eigenvalue weighted by Crippen LogP contribution is -2.13. The van der Waals surface area contributed by atoms with Gasteiger partial charge in [-0.15, -0.1) is 0 Å². The highest BCUT2D eigenvalue weighted by Crippen LogP contribution is 2.21. The van der Waals surface area contributed by atoms with Crippen molar-refractivity contribution in [3.05, 3.63) is 47.9 Å². The number of methoxy groups -OCH3 is 1. The molecule has 1 aromatic carbocycles. The lowest BCUT2D eigenvalue weighted by Gasteiger charge is -2.09. The molecule has 0 radical (unpaired) electrons. The summed E-state index contributed by atoms with van der Waals surface area (Å²) in [4.78, 5) is 16.2. The van der Waals surface area contributed by atoms with Crippen molar-refractivity contribution >= 4 is 17.4 Å². The highest BCUT2D eigenvalue weighted by atomic mass is 19.1. The summed E-state index contributed by atoms with van der Waals surface area (Å²) in [5.74, 6) is 0.188. The maximum Gasteiger partial charge on any atom is 0.257 e. The van der Waals surface area contributed by atoms with E-state index in [4.69, 9.17) is 4.74 Å². The van der Waals surface area contributed by atoms with E-state index in [0.717, 1.165) is 6.54 Å². The number of benzene rings is 1. The Morgan fingerprint density at radius 2 is 2.14 bits per heavy atom. The number of amides is 1. The zero-order valence-electron chi connectivity index (χ0n) is 11.8.